The van der Waals surface area contributed by atoms with Crippen LogP contribution in [0.15, 0.2) is 41.0 Å². The van der Waals surface area contributed by atoms with Crippen LogP contribution < -0.4 is 5.46 Å². The molecule has 0 radical (unpaired) electrons. The quantitative estimate of drug-likeness (QED) is 0.567. The van der Waals surface area contributed by atoms with Gasteiger partial charge in [0.1, 0.15) is 5.58 Å². The van der Waals surface area contributed by atoms with Crippen LogP contribution in [-0.2, 0) is 14.7 Å². The summed E-state index contributed by atoms with van der Waals surface area (Å²) < 4.78 is 18.2. The Morgan fingerprint density at radius 2 is 1.54 bits per heavy atom. The first kappa shape index (κ1) is 17.6. The van der Waals surface area contributed by atoms with Crippen LogP contribution in [0.5, 0.6) is 0 Å². The van der Waals surface area contributed by atoms with Gasteiger partial charge in [-0.05, 0) is 55.4 Å². The van der Waals surface area contributed by atoms with Crippen LogP contribution >= 0.6 is 0 Å². The molecule has 0 amide bonds. The Morgan fingerprint density at radius 3 is 2.15 bits per heavy atom. The van der Waals surface area contributed by atoms with Crippen molar-refractivity contribution < 1.29 is 13.7 Å². The fourth-order valence-electron chi connectivity index (χ4n) is 3.56. The SMILES string of the molecule is CC(C)(C)c1coc2ccc3cc(B4OC(C)(C)C(C)(C)O4)ccc3c12. The molecule has 4 heteroatoms. The van der Waals surface area contributed by atoms with Gasteiger partial charge in [-0.2, -0.15) is 0 Å². The molecule has 0 bridgehead atoms. The average Bonchev–Trinajstić information content (AvgIpc) is 3.05. The minimum Gasteiger partial charge on any atom is -0.464 e. The Hall–Kier alpha value is -1.78. The third-order valence-corrected chi connectivity index (χ3v) is 5.91. The Kier molecular flexibility index (Phi) is 3.64. The summed E-state index contributed by atoms with van der Waals surface area (Å²) in [5, 5.41) is 3.59. The first-order valence-corrected chi connectivity index (χ1v) is 9.30. The molecule has 2 aromatic carbocycles. The Labute approximate surface area is 155 Å². The molecule has 1 aromatic heterocycles. The lowest BCUT2D eigenvalue weighted by Crippen LogP contribution is -2.41. The monoisotopic (exact) mass is 350 g/mol. The molecule has 0 saturated carbocycles. The van der Waals surface area contributed by atoms with Crippen molar-refractivity contribution in [1.82, 2.24) is 0 Å². The van der Waals surface area contributed by atoms with Gasteiger partial charge in [-0.25, -0.2) is 0 Å². The highest BCUT2D eigenvalue weighted by Gasteiger charge is 2.51. The summed E-state index contributed by atoms with van der Waals surface area (Å²) in [5.74, 6) is 0. The molecule has 1 aliphatic rings. The van der Waals surface area contributed by atoms with Crippen molar-refractivity contribution in [2.45, 2.75) is 65.1 Å². The zero-order valence-electron chi connectivity index (χ0n) is 16.8. The average molecular weight is 350 g/mol. The summed E-state index contributed by atoms with van der Waals surface area (Å²) in [6.07, 6.45) is 1.90. The molecule has 26 heavy (non-hydrogen) atoms. The second kappa shape index (κ2) is 5.37. The van der Waals surface area contributed by atoms with Gasteiger partial charge in [0.15, 0.2) is 0 Å². The molecular formula is C22H27BO3. The van der Waals surface area contributed by atoms with Gasteiger partial charge < -0.3 is 13.7 Å². The van der Waals surface area contributed by atoms with Crippen LogP contribution in [0.3, 0.4) is 0 Å². The van der Waals surface area contributed by atoms with Crippen LogP contribution in [0.25, 0.3) is 21.7 Å². The lowest BCUT2D eigenvalue weighted by atomic mass is 9.77. The fraction of sp³-hybridized carbons (Fsp3) is 0.455. The lowest BCUT2D eigenvalue weighted by Gasteiger charge is -2.32. The summed E-state index contributed by atoms with van der Waals surface area (Å²) in [5.41, 5.74) is 2.59. The van der Waals surface area contributed by atoms with E-state index in [1.165, 1.54) is 21.7 Å². The van der Waals surface area contributed by atoms with Gasteiger partial charge in [0.05, 0.1) is 17.5 Å². The van der Waals surface area contributed by atoms with Crippen molar-refractivity contribution >= 4 is 34.3 Å². The molecular weight excluding hydrogens is 323 g/mol. The van der Waals surface area contributed by atoms with Gasteiger partial charge in [-0.3, -0.25) is 0 Å². The predicted octanol–water partition coefficient (Wildman–Crippen LogP) is 5.18. The Balaban J connectivity index is 1.84. The molecule has 0 N–H and O–H groups in total. The molecule has 0 unspecified atom stereocenters. The Morgan fingerprint density at radius 1 is 0.885 bits per heavy atom. The smallest absolute Gasteiger partial charge is 0.464 e. The molecule has 1 saturated heterocycles. The maximum absolute atomic E-state index is 6.21. The zero-order chi connectivity index (χ0) is 18.9. The first-order chi connectivity index (χ1) is 12.0. The van der Waals surface area contributed by atoms with E-state index in [0.29, 0.717) is 0 Å². The summed E-state index contributed by atoms with van der Waals surface area (Å²) >= 11 is 0. The van der Waals surface area contributed by atoms with Gasteiger partial charge in [-0.15, -0.1) is 0 Å². The molecule has 0 aliphatic carbocycles. The molecule has 2 heterocycles. The molecule has 0 spiro atoms. The highest BCUT2D eigenvalue weighted by molar-refractivity contribution is 6.62. The molecule has 1 aliphatic heterocycles. The molecule has 3 aromatic rings. The van der Waals surface area contributed by atoms with E-state index >= 15 is 0 Å². The molecule has 4 rings (SSSR count). The second-order valence-corrected chi connectivity index (χ2v) is 9.41. The first-order valence-electron chi connectivity index (χ1n) is 9.30. The molecule has 136 valence electrons. The normalized spacial score (nSPS) is 19.6. The second-order valence-electron chi connectivity index (χ2n) is 9.41. The topological polar surface area (TPSA) is 31.6 Å². The fourth-order valence-corrected chi connectivity index (χ4v) is 3.56. The van der Waals surface area contributed by atoms with E-state index in [2.05, 4.69) is 78.8 Å². The van der Waals surface area contributed by atoms with Crippen molar-refractivity contribution in [3.05, 3.63) is 42.2 Å². The summed E-state index contributed by atoms with van der Waals surface area (Å²) in [7, 11) is -0.341. The van der Waals surface area contributed by atoms with Crippen molar-refractivity contribution in [2.24, 2.45) is 0 Å². The van der Waals surface area contributed by atoms with E-state index in [-0.39, 0.29) is 23.7 Å². The van der Waals surface area contributed by atoms with E-state index in [4.69, 9.17) is 13.7 Å². The summed E-state index contributed by atoms with van der Waals surface area (Å²) in [4.78, 5) is 0. The summed E-state index contributed by atoms with van der Waals surface area (Å²) in [6.45, 7) is 15.0. The maximum Gasteiger partial charge on any atom is 0.494 e. The van der Waals surface area contributed by atoms with Crippen LogP contribution in [0, 0.1) is 0 Å². The Bertz CT molecular complexity index is 976. The minimum atomic E-state index is -0.341. The number of hydrogen-bond donors (Lipinski definition) is 0. The van der Waals surface area contributed by atoms with E-state index < -0.39 is 0 Å². The minimum absolute atomic E-state index is 0.0317. The van der Waals surface area contributed by atoms with Gasteiger partial charge in [-0.1, -0.05) is 45.0 Å². The highest BCUT2D eigenvalue weighted by atomic mass is 16.7. The van der Waals surface area contributed by atoms with Crippen LogP contribution in [0.2, 0.25) is 0 Å². The van der Waals surface area contributed by atoms with Crippen LogP contribution in [-0.4, -0.2) is 18.3 Å². The molecule has 1 fully saturated rings. The van der Waals surface area contributed by atoms with Crippen molar-refractivity contribution in [3.8, 4) is 0 Å². The van der Waals surface area contributed by atoms with Crippen LogP contribution in [0.4, 0.5) is 0 Å². The van der Waals surface area contributed by atoms with E-state index in [9.17, 15) is 0 Å². The van der Waals surface area contributed by atoms with Gasteiger partial charge in [0.25, 0.3) is 0 Å². The third-order valence-electron chi connectivity index (χ3n) is 5.91. The maximum atomic E-state index is 6.21. The zero-order valence-corrected chi connectivity index (χ0v) is 16.8. The van der Waals surface area contributed by atoms with E-state index in [0.717, 1.165) is 11.0 Å². The highest BCUT2D eigenvalue weighted by Crippen LogP contribution is 2.38. The molecule has 3 nitrogen and oxygen atoms in total. The van der Waals surface area contributed by atoms with Crippen molar-refractivity contribution in [2.75, 3.05) is 0 Å². The van der Waals surface area contributed by atoms with Crippen molar-refractivity contribution in [3.63, 3.8) is 0 Å². The summed E-state index contributed by atoms with van der Waals surface area (Å²) in [6, 6.07) is 10.6. The van der Waals surface area contributed by atoms with E-state index in [1.807, 2.05) is 6.26 Å². The van der Waals surface area contributed by atoms with Gasteiger partial charge in [0, 0.05) is 10.9 Å². The number of furan rings is 1. The van der Waals surface area contributed by atoms with Gasteiger partial charge in [0.2, 0.25) is 0 Å². The van der Waals surface area contributed by atoms with E-state index in [1.54, 1.807) is 0 Å². The van der Waals surface area contributed by atoms with Gasteiger partial charge >= 0.3 is 7.12 Å². The third kappa shape index (κ3) is 2.59. The predicted molar refractivity (Wildman–Crippen MR) is 108 cm³/mol. The van der Waals surface area contributed by atoms with Crippen molar-refractivity contribution in [1.29, 1.82) is 0 Å². The van der Waals surface area contributed by atoms with Crippen LogP contribution in [0.1, 0.15) is 54.0 Å². The lowest BCUT2D eigenvalue weighted by molar-refractivity contribution is 0.00578. The largest absolute Gasteiger partial charge is 0.494 e. The standard InChI is InChI=1S/C22H27BO3/c1-20(2,3)17-13-24-18-11-8-14-12-15(9-10-16(14)19(17)18)23-25-21(4,5)22(6,7)26-23/h8-13H,1-7H3. The molecule has 0 atom stereocenters. The number of hydrogen-bond acceptors (Lipinski definition) is 3. The number of rotatable bonds is 1. The number of fused-ring (bicyclic) bond motifs is 3. The number of benzene rings is 2.